The van der Waals surface area contributed by atoms with Crippen molar-refractivity contribution < 1.29 is 9.26 Å². The summed E-state index contributed by atoms with van der Waals surface area (Å²) in [4.78, 5) is 4.50. The minimum atomic E-state index is 0.338. The molecule has 0 aliphatic heterocycles. The molecule has 0 radical (unpaired) electrons. The van der Waals surface area contributed by atoms with E-state index in [1.807, 2.05) is 28.8 Å². The fourth-order valence-electron chi connectivity index (χ4n) is 2.04. The molecule has 0 saturated carbocycles. The van der Waals surface area contributed by atoms with Gasteiger partial charge >= 0.3 is 0 Å². The molecule has 0 aliphatic carbocycles. The normalized spacial score (nSPS) is 11.1. The van der Waals surface area contributed by atoms with Crippen LogP contribution in [0.2, 0.25) is 0 Å². The Bertz CT molecular complexity index is 691. The van der Waals surface area contributed by atoms with E-state index in [2.05, 4.69) is 10.1 Å². The van der Waals surface area contributed by atoms with Crippen molar-refractivity contribution in [2.75, 3.05) is 7.11 Å². The molecule has 0 fully saturated rings. The zero-order valence-corrected chi connectivity index (χ0v) is 11.1. The molecule has 2 heterocycles. The lowest BCUT2D eigenvalue weighted by atomic mass is 10.3. The van der Waals surface area contributed by atoms with Crippen molar-refractivity contribution in [2.45, 2.75) is 12.4 Å². The van der Waals surface area contributed by atoms with Crippen LogP contribution >= 0.6 is 11.6 Å². The maximum absolute atomic E-state index is 5.96. The Morgan fingerprint density at radius 2 is 2.26 bits per heavy atom. The second-order valence-corrected chi connectivity index (χ2v) is 4.35. The fourth-order valence-corrected chi connectivity index (χ4v) is 2.24. The van der Waals surface area contributed by atoms with Gasteiger partial charge in [-0.1, -0.05) is 5.16 Å². The Kier molecular flexibility index (Phi) is 3.13. The quantitative estimate of drug-likeness (QED) is 0.688. The Morgan fingerprint density at radius 1 is 1.37 bits per heavy atom. The van der Waals surface area contributed by atoms with Gasteiger partial charge in [-0.15, -0.1) is 11.6 Å². The van der Waals surface area contributed by atoms with Gasteiger partial charge in [0.25, 0.3) is 0 Å². The van der Waals surface area contributed by atoms with E-state index in [-0.39, 0.29) is 0 Å². The van der Waals surface area contributed by atoms with Crippen molar-refractivity contribution in [3.8, 4) is 5.75 Å². The molecule has 0 atom stereocenters. The summed E-state index contributed by atoms with van der Waals surface area (Å²) in [6.45, 7) is 0.547. The van der Waals surface area contributed by atoms with E-state index in [9.17, 15) is 0 Å². The molecule has 1 aromatic carbocycles. The molecule has 98 valence electrons. The molecular formula is C13H12ClN3O2. The summed E-state index contributed by atoms with van der Waals surface area (Å²) in [7, 11) is 1.64. The molecule has 19 heavy (non-hydrogen) atoms. The number of aromatic nitrogens is 3. The van der Waals surface area contributed by atoms with Gasteiger partial charge in [0.15, 0.2) is 5.76 Å². The lowest BCUT2D eigenvalue weighted by Gasteiger charge is -2.05. The second kappa shape index (κ2) is 4.93. The van der Waals surface area contributed by atoms with Crippen LogP contribution in [0.3, 0.4) is 0 Å². The average Bonchev–Trinajstić information content (AvgIpc) is 3.07. The molecule has 0 unspecified atom stereocenters. The van der Waals surface area contributed by atoms with Crippen LogP contribution in [0.15, 0.2) is 35.0 Å². The Balaban J connectivity index is 2.13. The monoisotopic (exact) mass is 277 g/mol. The third kappa shape index (κ3) is 2.17. The van der Waals surface area contributed by atoms with Crippen molar-refractivity contribution >= 4 is 22.6 Å². The highest BCUT2D eigenvalue weighted by atomic mass is 35.5. The van der Waals surface area contributed by atoms with Gasteiger partial charge in [-0.3, -0.25) is 0 Å². The predicted octanol–water partition coefficient (Wildman–Crippen LogP) is 2.82. The van der Waals surface area contributed by atoms with Crippen molar-refractivity contribution in [3.05, 3.63) is 42.0 Å². The van der Waals surface area contributed by atoms with Gasteiger partial charge in [0.2, 0.25) is 0 Å². The molecule has 3 rings (SSSR count). The van der Waals surface area contributed by atoms with Gasteiger partial charge in [0.1, 0.15) is 11.6 Å². The Hall–Kier alpha value is -2.01. The smallest absolute Gasteiger partial charge is 0.156 e. The van der Waals surface area contributed by atoms with Crippen molar-refractivity contribution in [3.63, 3.8) is 0 Å². The van der Waals surface area contributed by atoms with Crippen LogP contribution < -0.4 is 4.74 Å². The zero-order valence-electron chi connectivity index (χ0n) is 10.3. The van der Waals surface area contributed by atoms with Gasteiger partial charge in [0.05, 0.1) is 36.8 Å². The lowest BCUT2D eigenvalue weighted by Crippen LogP contribution is -2.03. The molecule has 6 heteroatoms. The first-order valence-electron chi connectivity index (χ1n) is 5.80. The summed E-state index contributed by atoms with van der Waals surface area (Å²) < 4.78 is 12.4. The summed E-state index contributed by atoms with van der Waals surface area (Å²) in [6.07, 6.45) is 1.62. The van der Waals surface area contributed by atoms with E-state index >= 15 is 0 Å². The largest absolute Gasteiger partial charge is 0.497 e. The number of fused-ring (bicyclic) bond motifs is 1. The highest BCUT2D eigenvalue weighted by Gasteiger charge is 2.12. The summed E-state index contributed by atoms with van der Waals surface area (Å²) in [6, 6.07) is 7.56. The molecule has 2 aromatic heterocycles. The maximum Gasteiger partial charge on any atom is 0.156 e. The number of hydrogen-bond acceptors (Lipinski definition) is 4. The minimum absolute atomic E-state index is 0.338. The number of imidazole rings is 1. The summed E-state index contributed by atoms with van der Waals surface area (Å²) in [5, 5.41) is 3.71. The molecule has 0 amide bonds. The molecule has 0 bridgehead atoms. The summed E-state index contributed by atoms with van der Waals surface area (Å²) in [5.74, 6) is 2.67. The highest BCUT2D eigenvalue weighted by molar-refractivity contribution is 6.16. The maximum atomic E-state index is 5.96. The van der Waals surface area contributed by atoms with Gasteiger partial charge < -0.3 is 13.8 Å². The number of nitrogens with zero attached hydrogens (tertiary/aromatic N) is 3. The minimum Gasteiger partial charge on any atom is -0.497 e. The van der Waals surface area contributed by atoms with Gasteiger partial charge in [-0.2, -0.15) is 0 Å². The Morgan fingerprint density at radius 3 is 2.95 bits per heavy atom. The number of benzene rings is 1. The van der Waals surface area contributed by atoms with Crippen molar-refractivity contribution in [2.24, 2.45) is 0 Å². The first-order chi connectivity index (χ1) is 9.31. The number of alkyl halides is 1. The van der Waals surface area contributed by atoms with Crippen LogP contribution in [0.1, 0.15) is 11.6 Å². The fraction of sp³-hybridized carbons (Fsp3) is 0.231. The summed E-state index contributed by atoms with van der Waals surface area (Å²) in [5.41, 5.74) is 1.85. The molecule has 0 saturated heterocycles. The number of rotatable bonds is 4. The number of halogens is 1. The van der Waals surface area contributed by atoms with Crippen molar-refractivity contribution in [1.82, 2.24) is 14.7 Å². The number of ether oxygens (including phenoxy) is 1. The van der Waals surface area contributed by atoms with Crippen LogP contribution in [0, 0.1) is 0 Å². The van der Waals surface area contributed by atoms with E-state index in [1.165, 1.54) is 0 Å². The van der Waals surface area contributed by atoms with E-state index in [0.29, 0.717) is 12.4 Å². The lowest BCUT2D eigenvalue weighted by molar-refractivity contribution is 0.376. The van der Waals surface area contributed by atoms with Crippen LogP contribution in [-0.4, -0.2) is 21.8 Å². The summed E-state index contributed by atoms with van der Waals surface area (Å²) >= 11 is 5.96. The van der Waals surface area contributed by atoms with E-state index in [1.54, 1.807) is 13.3 Å². The van der Waals surface area contributed by atoms with Gasteiger partial charge in [0, 0.05) is 12.1 Å². The van der Waals surface area contributed by atoms with E-state index in [0.717, 1.165) is 28.4 Å². The molecule has 0 N–H and O–H groups in total. The molecule has 0 aliphatic rings. The van der Waals surface area contributed by atoms with E-state index < -0.39 is 0 Å². The standard InChI is InChI=1S/C13H12ClN3O2/c1-18-9-2-3-11-12(6-9)17(13(7-14)16-11)8-10-4-5-15-19-10/h2-6H,7-8H2,1H3. The number of methoxy groups -OCH3 is 1. The van der Waals surface area contributed by atoms with Crippen LogP contribution in [-0.2, 0) is 12.4 Å². The predicted molar refractivity (Wildman–Crippen MR) is 71.4 cm³/mol. The first-order valence-corrected chi connectivity index (χ1v) is 6.34. The molecular weight excluding hydrogens is 266 g/mol. The SMILES string of the molecule is COc1ccc2nc(CCl)n(Cc3ccno3)c2c1. The Labute approximate surface area is 114 Å². The highest BCUT2D eigenvalue weighted by Crippen LogP contribution is 2.23. The molecule has 3 aromatic rings. The first kappa shape index (κ1) is 12.0. The number of hydrogen-bond donors (Lipinski definition) is 0. The zero-order chi connectivity index (χ0) is 13.2. The van der Waals surface area contributed by atoms with E-state index in [4.69, 9.17) is 20.9 Å². The topological polar surface area (TPSA) is 53.1 Å². The second-order valence-electron chi connectivity index (χ2n) is 4.08. The van der Waals surface area contributed by atoms with Crippen LogP contribution in [0.4, 0.5) is 0 Å². The third-order valence-corrected chi connectivity index (χ3v) is 3.20. The van der Waals surface area contributed by atoms with Gasteiger partial charge in [-0.25, -0.2) is 4.98 Å². The third-order valence-electron chi connectivity index (χ3n) is 2.96. The van der Waals surface area contributed by atoms with Crippen molar-refractivity contribution in [1.29, 1.82) is 0 Å². The van der Waals surface area contributed by atoms with Crippen LogP contribution in [0.25, 0.3) is 11.0 Å². The van der Waals surface area contributed by atoms with Crippen LogP contribution in [0.5, 0.6) is 5.75 Å². The molecule has 5 nitrogen and oxygen atoms in total. The van der Waals surface area contributed by atoms with Gasteiger partial charge in [-0.05, 0) is 12.1 Å². The molecule has 0 spiro atoms. The average molecular weight is 278 g/mol.